The summed E-state index contributed by atoms with van der Waals surface area (Å²) in [6.07, 6.45) is 0. The Kier molecular flexibility index (Phi) is 4.44. The fourth-order valence-corrected chi connectivity index (χ4v) is 2.37. The van der Waals surface area contributed by atoms with Gasteiger partial charge in [0, 0.05) is 33.3 Å². The van der Waals surface area contributed by atoms with Gasteiger partial charge in [0.2, 0.25) is 5.91 Å². The molecule has 1 saturated heterocycles. The van der Waals surface area contributed by atoms with Crippen LogP contribution in [0, 0.1) is 0 Å². The lowest BCUT2D eigenvalue weighted by Gasteiger charge is -2.36. The molecule has 0 radical (unpaired) electrons. The molecule has 2 rings (SSSR count). The molecular formula is C13H17ClN2O2. The van der Waals surface area contributed by atoms with Crippen molar-refractivity contribution in [2.24, 2.45) is 0 Å². The second kappa shape index (κ2) is 6.07. The smallest absolute Gasteiger partial charge is 0.248 e. The number of amides is 1. The molecule has 1 aliphatic rings. The average Bonchev–Trinajstić information content (AvgIpc) is 2.40. The van der Waals surface area contributed by atoms with Crippen LogP contribution in [0.15, 0.2) is 24.3 Å². The van der Waals surface area contributed by atoms with Crippen LogP contribution in [0.4, 0.5) is 5.69 Å². The first-order valence-corrected chi connectivity index (χ1v) is 6.36. The maximum Gasteiger partial charge on any atom is 0.248 e. The fraction of sp³-hybridized carbons (Fsp3) is 0.462. The van der Waals surface area contributed by atoms with Gasteiger partial charge in [-0.3, -0.25) is 4.79 Å². The number of carbonyl (C=O) groups excluding carboxylic acids is 1. The molecule has 0 N–H and O–H groups in total. The number of para-hydroxylation sites is 1. The van der Waals surface area contributed by atoms with E-state index in [1.807, 2.05) is 29.2 Å². The minimum atomic E-state index is 0.0521. The standard InChI is InChI=1S/C13H17ClN2O2/c1-18-10-13(17)16-8-6-15(7-9-16)12-5-3-2-4-11(12)14/h2-5H,6-10H2,1H3. The molecule has 5 heteroatoms. The number of carbonyl (C=O) groups is 1. The molecule has 1 aromatic rings. The van der Waals surface area contributed by atoms with Gasteiger partial charge < -0.3 is 14.5 Å². The molecule has 0 unspecified atom stereocenters. The lowest BCUT2D eigenvalue weighted by atomic mass is 10.2. The zero-order chi connectivity index (χ0) is 13.0. The van der Waals surface area contributed by atoms with Crippen LogP contribution in [0.3, 0.4) is 0 Å². The summed E-state index contributed by atoms with van der Waals surface area (Å²) in [6, 6.07) is 7.79. The van der Waals surface area contributed by atoms with E-state index >= 15 is 0 Å². The van der Waals surface area contributed by atoms with Crippen molar-refractivity contribution in [1.82, 2.24) is 4.90 Å². The van der Waals surface area contributed by atoms with Gasteiger partial charge in [0.1, 0.15) is 6.61 Å². The van der Waals surface area contributed by atoms with Crippen molar-refractivity contribution in [1.29, 1.82) is 0 Å². The Morgan fingerprint density at radius 1 is 1.28 bits per heavy atom. The molecule has 98 valence electrons. The summed E-state index contributed by atoms with van der Waals surface area (Å²) < 4.78 is 4.86. The first-order chi connectivity index (χ1) is 8.72. The third-order valence-electron chi connectivity index (χ3n) is 3.09. The van der Waals surface area contributed by atoms with E-state index in [0.29, 0.717) is 13.1 Å². The number of piperazine rings is 1. The van der Waals surface area contributed by atoms with Gasteiger partial charge in [-0.25, -0.2) is 0 Å². The molecule has 0 aromatic heterocycles. The van der Waals surface area contributed by atoms with Gasteiger partial charge in [-0.15, -0.1) is 0 Å². The van der Waals surface area contributed by atoms with Crippen molar-refractivity contribution in [2.75, 3.05) is 44.8 Å². The van der Waals surface area contributed by atoms with Gasteiger partial charge in [-0.1, -0.05) is 23.7 Å². The Bertz CT molecular complexity index is 417. The predicted molar refractivity (Wildman–Crippen MR) is 72.1 cm³/mol. The SMILES string of the molecule is COCC(=O)N1CCN(c2ccccc2Cl)CC1. The minimum absolute atomic E-state index is 0.0521. The van der Waals surface area contributed by atoms with Crippen molar-refractivity contribution in [3.8, 4) is 0 Å². The van der Waals surface area contributed by atoms with Gasteiger partial charge in [-0.2, -0.15) is 0 Å². The highest BCUT2D eigenvalue weighted by molar-refractivity contribution is 6.33. The highest BCUT2D eigenvalue weighted by Crippen LogP contribution is 2.25. The second-order valence-electron chi connectivity index (χ2n) is 4.25. The van der Waals surface area contributed by atoms with E-state index in [2.05, 4.69) is 4.90 Å². The lowest BCUT2D eigenvalue weighted by Crippen LogP contribution is -2.49. The van der Waals surface area contributed by atoms with E-state index in [0.717, 1.165) is 23.8 Å². The van der Waals surface area contributed by atoms with E-state index in [9.17, 15) is 4.79 Å². The molecule has 1 aliphatic heterocycles. The zero-order valence-electron chi connectivity index (χ0n) is 10.4. The monoisotopic (exact) mass is 268 g/mol. The second-order valence-corrected chi connectivity index (χ2v) is 4.66. The molecular weight excluding hydrogens is 252 g/mol. The Morgan fingerprint density at radius 3 is 2.56 bits per heavy atom. The number of ether oxygens (including phenoxy) is 1. The highest BCUT2D eigenvalue weighted by atomic mass is 35.5. The zero-order valence-corrected chi connectivity index (χ0v) is 11.2. The molecule has 0 atom stereocenters. The highest BCUT2D eigenvalue weighted by Gasteiger charge is 2.21. The van der Waals surface area contributed by atoms with Crippen LogP contribution in [0.25, 0.3) is 0 Å². The van der Waals surface area contributed by atoms with E-state index < -0.39 is 0 Å². The molecule has 1 heterocycles. The number of halogens is 1. The minimum Gasteiger partial charge on any atom is -0.375 e. The van der Waals surface area contributed by atoms with Crippen LogP contribution < -0.4 is 4.90 Å². The summed E-state index contributed by atoms with van der Waals surface area (Å²) in [6.45, 7) is 3.20. The van der Waals surface area contributed by atoms with Crippen molar-refractivity contribution in [3.63, 3.8) is 0 Å². The lowest BCUT2D eigenvalue weighted by molar-refractivity contribution is -0.135. The van der Waals surface area contributed by atoms with Crippen LogP contribution >= 0.6 is 11.6 Å². The van der Waals surface area contributed by atoms with Crippen LogP contribution in [-0.2, 0) is 9.53 Å². The molecule has 4 nitrogen and oxygen atoms in total. The van der Waals surface area contributed by atoms with Gasteiger partial charge >= 0.3 is 0 Å². The third-order valence-corrected chi connectivity index (χ3v) is 3.41. The number of hydrogen-bond donors (Lipinski definition) is 0. The molecule has 0 aliphatic carbocycles. The van der Waals surface area contributed by atoms with E-state index in [1.165, 1.54) is 7.11 Å². The predicted octanol–water partition coefficient (Wildman–Crippen LogP) is 1.63. The molecule has 1 fully saturated rings. The third kappa shape index (κ3) is 2.94. The molecule has 1 amide bonds. The Hall–Kier alpha value is -1.26. The summed E-state index contributed by atoms with van der Waals surface area (Å²) >= 11 is 6.16. The molecule has 18 heavy (non-hydrogen) atoms. The van der Waals surface area contributed by atoms with Gasteiger partial charge in [0.25, 0.3) is 0 Å². The molecule has 0 spiro atoms. The number of rotatable bonds is 3. The molecule has 1 aromatic carbocycles. The number of benzene rings is 1. The van der Waals surface area contributed by atoms with Gasteiger partial charge in [0.15, 0.2) is 0 Å². The summed E-state index contributed by atoms with van der Waals surface area (Å²) in [4.78, 5) is 15.7. The maximum absolute atomic E-state index is 11.7. The first-order valence-electron chi connectivity index (χ1n) is 5.98. The van der Waals surface area contributed by atoms with Crippen LogP contribution in [0.1, 0.15) is 0 Å². The number of hydrogen-bond acceptors (Lipinski definition) is 3. The first kappa shape index (κ1) is 13.2. The van der Waals surface area contributed by atoms with Crippen LogP contribution in [0.5, 0.6) is 0 Å². The fourth-order valence-electron chi connectivity index (χ4n) is 2.12. The molecule has 0 bridgehead atoms. The number of nitrogens with zero attached hydrogens (tertiary/aromatic N) is 2. The molecule has 0 saturated carbocycles. The number of methoxy groups -OCH3 is 1. The summed E-state index contributed by atoms with van der Waals surface area (Å²) in [5.74, 6) is 0.0521. The van der Waals surface area contributed by atoms with E-state index in [4.69, 9.17) is 16.3 Å². The largest absolute Gasteiger partial charge is 0.375 e. The van der Waals surface area contributed by atoms with Crippen LogP contribution in [0.2, 0.25) is 5.02 Å². The van der Waals surface area contributed by atoms with E-state index in [-0.39, 0.29) is 12.5 Å². The Balaban J connectivity index is 1.95. The maximum atomic E-state index is 11.7. The Labute approximate surface area is 112 Å². The van der Waals surface area contributed by atoms with E-state index in [1.54, 1.807) is 0 Å². The van der Waals surface area contributed by atoms with Gasteiger partial charge in [-0.05, 0) is 12.1 Å². The quantitative estimate of drug-likeness (QED) is 0.835. The van der Waals surface area contributed by atoms with Crippen molar-refractivity contribution >= 4 is 23.2 Å². The normalized spacial score (nSPS) is 15.9. The van der Waals surface area contributed by atoms with Crippen molar-refractivity contribution < 1.29 is 9.53 Å². The summed E-state index contributed by atoms with van der Waals surface area (Å²) in [7, 11) is 1.54. The van der Waals surface area contributed by atoms with Crippen molar-refractivity contribution in [2.45, 2.75) is 0 Å². The summed E-state index contributed by atoms with van der Waals surface area (Å²) in [5, 5.41) is 0.758. The van der Waals surface area contributed by atoms with Gasteiger partial charge in [0.05, 0.1) is 10.7 Å². The average molecular weight is 269 g/mol. The Morgan fingerprint density at radius 2 is 1.94 bits per heavy atom. The summed E-state index contributed by atoms with van der Waals surface area (Å²) in [5.41, 5.74) is 1.04. The van der Waals surface area contributed by atoms with Crippen LogP contribution in [-0.4, -0.2) is 50.7 Å². The number of anilines is 1. The van der Waals surface area contributed by atoms with Crippen molar-refractivity contribution in [3.05, 3.63) is 29.3 Å². The topological polar surface area (TPSA) is 32.8 Å².